The van der Waals surface area contributed by atoms with Gasteiger partial charge in [-0.05, 0) is 53.1 Å². The highest BCUT2D eigenvalue weighted by molar-refractivity contribution is 4.61. The van der Waals surface area contributed by atoms with Crippen LogP contribution in [0, 0.1) is 5.92 Å². The molecule has 1 saturated heterocycles. The first-order valence-corrected chi connectivity index (χ1v) is 7.15. The Labute approximate surface area is 114 Å². The maximum Gasteiger partial charge on any atom is 0.0594 e. The van der Waals surface area contributed by atoms with Crippen LogP contribution in [0.25, 0.3) is 0 Å². The molecule has 0 aliphatic carbocycles. The molecule has 0 unspecified atom stereocenters. The Morgan fingerprint density at radius 2 is 1.83 bits per heavy atom. The number of hydrogen-bond donors (Lipinski definition) is 1. The highest BCUT2D eigenvalue weighted by Crippen LogP contribution is 1.96. The first-order valence-electron chi connectivity index (χ1n) is 7.15. The van der Waals surface area contributed by atoms with Gasteiger partial charge in [-0.1, -0.05) is 13.8 Å². The standard InChI is InChI=1S/C8H18N2O.C6H15N/c1-9-3-2-4-10-5-7-11-8-6-10;1-6(2)5-7(3)4/h9H,2-8H2,1H3;6H,5H2,1-4H3. The molecule has 110 valence electrons. The minimum Gasteiger partial charge on any atom is -0.379 e. The van der Waals surface area contributed by atoms with Crippen LogP contribution in [0.4, 0.5) is 0 Å². The van der Waals surface area contributed by atoms with Gasteiger partial charge in [-0.3, -0.25) is 4.90 Å². The van der Waals surface area contributed by atoms with Crippen LogP contribution >= 0.6 is 0 Å². The second-order valence-corrected chi connectivity index (χ2v) is 5.57. The fraction of sp³-hybridized carbons (Fsp3) is 1.00. The Balaban J connectivity index is 0.000000360. The molecule has 0 bridgehead atoms. The van der Waals surface area contributed by atoms with Gasteiger partial charge in [0.15, 0.2) is 0 Å². The van der Waals surface area contributed by atoms with Gasteiger partial charge in [0, 0.05) is 13.1 Å². The van der Waals surface area contributed by atoms with Crippen molar-refractivity contribution in [1.82, 2.24) is 15.1 Å². The normalized spacial score (nSPS) is 16.8. The van der Waals surface area contributed by atoms with Crippen molar-refractivity contribution in [2.75, 3.05) is 67.1 Å². The molecule has 0 saturated carbocycles. The number of hydrogen-bond acceptors (Lipinski definition) is 4. The van der Waals surface area contributed by atoms with Gasteiger partial charge in [-0.2, -0.15) is 0 Å². The maximum absolute atomic E-state index is 5.25. The van der Waals surface area contributed by atoms with E-state index < -0.39 is 0 Å². The van der Waals surface area contributed by atoms with Crippen molar-refractivity contribution < 1.29 is 4.74 Å². The summed E-state index contributed by atoms with van der Waals surface area (Å²) in [5.41, 5.74) is 0. The van der Waals surface area contributed by atoms with Gasteiger partial charge in [0.05, 0.1) is 13.2 Å². The molecule has 1 rings (SSSR count). The second-order valence-electron chi connectivity index (χ2n) is 5.57. The van der Waals surface area contributed by atoms with Gasteiger partial charge < -0.3 is 15.0 Å². The third-order valence-corrected chi connectivity index (χ3v) is 2.74. The van der Waals surface area contributed by atoms with Gasteiger partial charge in [0.2, 0.25) is 0 Å². The predicted molar refractivity (Wildman–Crippen MR) is 79.2 cm³/mol. The lowest BCUT2D eigenvalue weighted by Crippen LogP contribution is -2.37. The molecule has 1 heterocycles. The Bertz CT molecular complexity index is 162. The molecule has 0 aromatic heterocycles. The Morgan fingerprint density at radius 3 is 2.22 bits per heavy atom. The van der Waals surface area contributed by atoms with Crippen molar-refractivity contribution in [1.29, 1.82) is 0 Å². The molecule has 0 aromatic rings. The number of rotatable bonds is 6. The minimum absolute atomic E-state index is 0.801. The average Bonchev–Trinajstić information content (AvgIpc) is 2.30. The molecule has 4 nitrogen and oxygen atoms in total. The lowest BCUT2D eigenvalue weighted by molar-refractivity contribution is 0.0375. The Hall–Kier alpha value is -0.160. The zero-order valence-corrected chi connectivity index (χ0v) is 13.0. The summed E-state index contributed by atoms with van der Waals surface area (Å²) in [6.07, 6.45) is 1.25. The molecule has 1 fully saturated rings. The zero-order chi connectivity index (χ0) is 13.8. The van der Waals surface area contributed by atoms with E-state index in [9.17, 15) is 0 Å². The van der Waals surface area contributed by atoms with E-state index in [0.717, 1.165) is 38.8 Å². The Morgan fingerprint density at radius 1 is 1.22 bits per heavy atom. The van der Waals surface area contributed by atoms with E-state index in [-0.39, 0.29) is 0 Å². The van der Waals surface area contributed by atoms with Crippen LogP contribution in [0.15, 0.2) is 0 Å². The van der Waals surface area contributed by atoms with Gasteiger partial charge in [0.1, 0.15) is 0 Å². The van der Waals surface area contributed by atoms with E-state index in [1.807, 2.05) is 7.05 Å². The summed E-state index contributed by atoms with van der Waals surface area (Å²) >= 11 is 0. The topological polar surface area (TPSA) is 27.7 Å². The molecule has 0 atom stereocenters. The Kier molecular flexibility index (Phi) is 11.8. The van der Waals surface area contributed by atoms with Crippen LogP contribution in [0.5, 0.6) is 0 Å². The van der Waals surface area contributed by atoms with E-state index in [1.165, 1.54) is 19.5 Å². The fourth-order valence-corrected chi connectivity index (χ4v) is 2.03. The quantitative estimate of drug-likeness (QED) is 0.724. The van der Waals surface area contributed by atoms with Crippen LogP contribution in [-0.4, -0.2) is 76.9 Å². The first kappa shape index (κ1) is 17.8. The van der Waals surface area contributed by atoms with Crippen LogP contribution in [0.2, 0.25) is 0 Å². The van der Waals surface area contributed by atoms with Crippen molar-refractivity contribution in [3.8, 4) is 0 Å². The van der Waals surface area contributed by atoms with Gasteiger partial charge >= 0.3 is 0 Å². The van der Waals surface area contributed by atoms with Crippen molar-refractivity contribution in [2.45, 2.75) is 20.3 Å². The van der Waals surface area contributed by atoms with Gasteiger partial charge in [-0.25, -0.2) is 0 Å². The SMILES string of the molecule is CC(C)CN(C)C.CNCCCN1CCOCC1. The smallest absolute Gasteiger partial charge is 0.0594 e. The number of nitrogens with zero attached hydrogens (tertiary/aromatic N) is 2. The van der Waals surface area contributed by atoms with E-state index in [1.54, 1.807) is 0 Å². The van der Waals surface area contributed by atoms with Crippen molar-refractivity contribution in [2.24, 2.45) is 5.92 Å². The van der Waals surface area contributed by atoms with Crippen LogP contribution in [0.1, 0.15) is 20.3 Å². The van der Waals surface area contributed by atoms with Crippen molar-refractivity contribution in [3.63, 3.8) is 0 Å². The zero-order valence-electron chi connectivity index (χ0n) is 13.0. The molecule has 4 heteroatoms. The number of nitrogens with one attached hydrogen (secondary N) is 1. The average molecular weight is 259 g/mol. The van der Waals surface area contributed by atoms with Gasteiger partial charge in [0.25, 0.3) is 0 Å². The van der Waals surface area contributed by atoms with E-state index >= 15 is 0 Å². The summed E-state index contributed by atoms with van der Waals surface area (Å²) in [7, 11) is 6.19. The molecular formula is C14H33N3O. The lowest BCUT2D eigenvalue weighted by Gasteiger charge is -2.26. The maximum atomic E-state index is 5.25. The third kappa shape index (κ3) is 12.3. The van der Waals surface area contributed by atoms with Crippen molar-refractivity contribution >= 4 is 0 Å². The molecule has 1 aliphatic rings. The molecule has 1 aliphatic heterocycles. The predicted octanol–water partition coefficient (Wildman–Crippen LogP) is 1.13. The van der Waals surface area contributed by atoms with E-state index in [0.29, 0.717) is 0 Å². The summed E-state index contributed by atoms with van der Waals surface area (Å²) < 4.78 is 5.25. The molecule has 0 radical (unpaired) electrons. The summed E-state index contributed by atoms with van der Waals surface area (Å²) in [5, 5.41) is 3.15. The number of morpholine rings is 1. The second kappa shape index (κ2) is 11.9. The monoisotopic (exact) mass is 259 g/mol. The first-order chi connectivity index (χ1) is 8.56. The summed E-state index contributed by atoms with van der Waals surface area (Å²) in [5.74, 6) is 0.801. The van der Waals surface area contributed by atoms with E-state index in [4.69, 9.17) is 4.74 Å². The molecule has 18 heavy (non-hydrogen) atoms. The minimum atomic E-state index is 0.801. The molecular weight excluding hydrogens is 226 g/mol. The molecule has 0 aromatic carbocycles. The highest BCUT2D eigenvalue weighted by atomic mass is 16.5. The summed E-state index contributed by atoms with van der Waals surface area (Å²) in [6, 6.07) is 0. The van der Waals surface area contributed by atoms with Gasteiger partial charge in [-0.15, -0.1) is 0 Å². The van der Waals surface area contributed by atoms with Crippen LogP contribution in [0.3, 0.4) is 0 Å². The molecule has 0 amide bonds. The summed E-state index contributed by atoms with van der Waals surface area (Å²) in [6.45, 7) is 12.0. The van der Waals surface area contributed by atoms with Crippen molar-refractivity contribution in [3.05, 3.63) is 0 Å². The summed E-state index contributed by atoms with van der Waals surface area (Å²) in [4.78, 5) is 4.66. The van der Waals surface area contributed by atoms with Crippen LogP contribution in [-0.2, 0) is 4.74 Å². The van der Waals surface area contributed by atoms with Crippen LogP contribution < -0.4 is 5.32 Å². The molecule has 0 spiro atoms. The molecule has 1 N–H and O–H groups in total. The largest absolute Gasteiger partial charge is 0.379 e. The highest BCUT2D eigenvalue weighted by Gasteiger charge is 2.08. The van der Waals surface area contributed by atoms with E-state index in [2.05, 4.69) is 43.1 Å². The number of ether oxygens (including phenoxy) is 1. The third-order valence-electron chi connectivity index (χ3n) is 2.74. The lowest BCUT2D eigenvalue weighted by atomic mass is 10.2. The fourth-order valence-electron chi connectivity index (χ4n) is 2.03.